The van der Waals surface area contributed by atoms with Crippen molar-refractivity contribution in [3.05, 3.63) is 35.5 Å². The first kappa shape index (κ1) is 12.6. The summed E-state index contributed by atoms with van der Waals surface area (Å²) in [5, 5.41) is 1.14. The molecule has 2 aromatic rings. The van der Waals surface area contributed by atoms with Gasteiger partial charge in [-0.15, -0.1) is 0 Å². The van der Waals surface area contributed by atoms with Crippen LogP contribution in [0.1, 0.15) is 24.1 Å². The molecule has 0 aliphatic carbocycles. The molecule has 4 heteroatoms. The Hall–Kier alpha value is -2.10. The van der Waals surface area contributed by atoms with Gasteiger partial charge in [0.15, 0.2) is 5.78 Å². The third kappa shape index (κ3) is 2.15. The number of aryl methyl sites for hydroxylation is 1. The third-order valence-corrected chi connectivity index (χ3v) is 4.75. The SMILES string of the molecule is O=C1C[C@H]2CCc3[nH]c4ccccc4c3CC(=O)N(C1)C2. The fourth-order valence-electron chi connectivity index (χ4n) is 3.71. The largest absolute Gasteiger partial charge is 0.358 e. The van der Waals surface area contributed by atoms with Gasteiger partial charge in [-0.1, -0.05) is 18.2 Å². The molecule has 108 valence electrons. The second-order valence-corrected chi connectivity index (χ2v) is 6.23. The highest BCUT2D eigenvalue weighted by atomic mass is 16.2. The van der Waals surface area contributed by atoms with Crippen molar-refractivity contribution in [1.29, 1.82) is 0 Å². The number of aromatic nitrogens is 1. The minimum atomic E-state index is 0.0842. The highest BCUT2D eigenvalue weighted by molar-refractivity contribution is 5.92. The summed E-state index contributed by atoms with van der Waals surface area (Å²) in [5.74, 6) is 0.600. The minimum absolute atomic E-state index is 0.0842. The van der Waals surface area contributed by atoms with E-state index in [0.29, 0.717) is 25.3 Å². The van der Waals surface area contributed by atoms with E-state index in [1.165, 1.54) is 5.69 Å². The summed E-state index contributed by atoms with van der Waals surface area (Å²) < 4.78 is 0. The molecular weight excluding hydrogens is 264 g/mol. The fraction of sp³-hybridized carbons (Fsp3) is 0.412. The maximum Gasteiger partial charge on any atom is 0.227 e. The van der Waals surface area contributed by atoms with Gasteiger partial charge in [-0.05, 0) is 30.4 Å². The molecule has 0 saturated carbocycles. The van der Waals surface area contributed by atoms with Gasteiger partial charge in [0.2, 0.25) is 5.91 Å². The number of hydrogen-bond acceptors (Lipinski definition) is 2. The van der Waals surface area contributed by atoms with Crippen LogP contribution in [0.4, 0.5) is 0 Å². The van der Waals surface area contributed by atoms with Crippen LogP contribution in [0.15, 0.2) is 24.3 Å². The number of nitrogens with zero attached hydrogens (tertiary/aromatic N) is 1. The number of aromatic amines is 1. The van der Waals surface area contributed by atoms with Crippen LogP contribution in [0, 0.1) is 5.92 Å². The molecule has 21 heavy (non-hydrogen) atoms. The van der Waals surface area contributed by atoms with Gasteiger partial charge in [-0.25, -0.2) is 0 Å². The Labute approximate surface area is 123 Å². The summed E-state index contributed by atoms with van der Waals surface area (Å²) in [6.45, 7) is 1.04. The van der Waals surface area contributed by atoms with Crippen molar-refractivity contribution in [2.24, 2.45) is 5.92 Å². The molecule has 2 aliphatic heterocycles. The molecule has 3 heterocycles. The number of nitrogens with one attached hydrogen (secondary N) is 1. The van der Waals surface area contributed by atoms with Crippen LogP contribution in [-0.4, -0.2) is 34.7 Å². The summed E-state index contributed by atoms with van der Waals surface area (Å²) in [4.78, 5) is 29.6. The summed E-state index contributed by atoms with van der Waals surface area (Å²) in [6, 6.07) is 8.15. The lowest BCUT2D eigenvalue weighted by molar-refractivity contribution is -0.138. The van der Waals surface area contributed by atoms with Crippen LogP contribution >= 0.6 is 0 Å². The number of carbonyl (C=O) groups is 2. The Bertz CT molecular complexity index is 731. The maximum absolute atomic E-state index is 12.5. The van der Waals surface area contributed by atoms with Crippen LogP contribution in [0.25, 0.3) is 10.9 Å². The molecule has 0 radical (unpaired) electrons. The summed E-state index contributed by atoms with van der Waals surface area (Å²) in [5.41, 5.74) is 3.40. The molecule has 0 unspecified atom stereocenters. The Morgan fingerprint density at radius 2 is 2.05 bits per heavy atom. The predicted molar refractivity (Wildman–Crippen MR) is 80.0 cm³/mol. The van der Waals surface area contributed by atoms with Gasteiger partial charge in [0, 0.05) is 29.6 Å². The zero-order chi connectivity index (χ0) is 14.4. The lowest BCUT2D eigenvalue weighted by atomic mass is 9.92. The zero-order valence-electron chi connectivity index (χ0n) is 11.9. The van der Waals surface area contributed by atoms with E-state index in [0.717, 1.165) is 35.9 Å². The summed E-state index contributed by atoms with van der Waals surface area (Å²) in [6.07, 6.45) is 2.91. The van der Waals surface area contributed by atoms with E-state index in [-0.39, 0.29) is 11.7 Å². The quantitative estimate of drug-likeness (QED) is 0.804. The van der Waals surface area contributed by atoms with Crippen LogP contribution in [0.2, 0.25) is 0 Å². The fourth-order valence-corrected chi connectivity index (χ4v) is 3.71. The zero-order valence-corrected chi connectivity index (χ0v) is 11.9. The number of fused-ring (bicyclic) bond motifs is 5. The Balaban J connectivity index is 1.79. The normalized spacial score (nSPS) is 22.7. The van der Waals surface area contributed by atoms with E-state index in [2.05, 4.69) is 17.1 Å². The van der Waals surface area contributed by atoms with Gasteiger partial charge in [0.05, 0.1) is 13.0 Å². The lowest BCUT2D eigenvalue weighted by Gasteiger charge is -2.31. The Morgan fingerprint density at radius 3 is 2.95 bits per heavy atom. The van der Waals surface area contributed by atoms with Crippen molar-refractivity contribution in [2.45, 2.75) is 25.7 Å². The molecule has 1 aromatic heterocycles. The van der Waals surface area contributed by atoms with Crippen molar-refractivity contribution in [2.75, 3.05) is 13.1 Å². The van der Waals surface area contributed by atoms with Gasteiger partial charge in [-0.2, -0.15) is 0 Å². The number of carbonyl (C=O) groups excluding carboxylic acids is 2. The number of ketones is 1. The molecule has 2 aliphatic rings. The van der Waals surface area contributed by atoms with E-state index < -0.39 is 0 Å². The maximum atomic E-state index is 12.5. The number of amides is 1. The van der Waals surface area contributed by atoms with Gasteiger partial charge >= 0.3 is 0 Å². The number of rotatable bonds is 0. The highest BCUT2D eigenvalue weighted by Crippen LogP contribution is 2.29. The van der Waals surface area contributed by atoms with Crippen LogP contribution in [0.5, 0.6) is 0 Å². The Morgan fingerprint density at radius 1 is 1.19 bits per heavy atom. The van der Waals surface area contributed by atoms with Gasteiger partial charge in [0.25, 0.3) is 0 Å². The molecular formula is C17H18N2O2. The monoisotopic (exact) mass is 282 g/mol. The number of piperidine rings is 1. The molecule has 1 atom stereocenters. The lowest BCUT2D eigenvalue weighted by Crippen LogP contribution is -2.44. The van der Waals surface area contributed by atoms with Gasteiger partial charge < -0.3 is 9.88 Å². The van der Waals surface area contributed by atoms with Crippen molar-refractivity contribution in [1.82, 2.24) is 9.88 Å². The number of Topliss-reactive ketones (excluding diaryl/α,β-unsaturated/α-hetero) is 1. The van der Waals surface area contributed by atoms with E-state index in [1.807, 2.05) is 12.1 Å². The average Bonchev–Trinajstić information content (AvgIpc) is 2.83. The molecule has 2 bridgehead atoms. The van der Waals surface area contributed by atoms with Gasteiger partial charge in [-0.3, -0.25) is 9.59 Å². The van der Waals surface area contributed by atoms with Crippen LogP contribution in [0.3, 0.4) is 0 Å². The predicted octanol–water partition coefficient (Wildman–Crippen LogP) is 2.07. The van der Waals surface area contributed by atoms with E-state index in [1.54, 1.807) is 4.90 Å². The number of benzene rings is 1. The first-order chi connectivity index (χ1) is 10.2. The number of hydrogen-bond donors (Lipinski definition) is 1. The van der Waals surface area contributed by atoms with Gasteiger partial charge in [0.1, 0.15) is 0 Å². The number of para-hydroxylation sites is 1. The molecule has 0 spiro atoms. The second-order valence-electron chi connectivity index (χ2n) is 6.23. The van der Waals surface area contributed by atoms with Crippen LogP contribution in [-0.2, 0) is 22.4 Å². The van der Waals surface area contributed by atoms with Crippen LogP contribution < -0.4 is 0 Å². The van der Waals surface area contributed by atoms with Crippen molar-refractivity contribution in [3.8, 4) is 0 Å². The first-order valence-electron chi connectivity index (χ1n) is 7.58. The van der Waals surface area contributed by atoms with Crippen molar-refractivity contribution >= 4 is 22.6 Å². The minimum Gasteiger partial charge on any atom is -0.358 e. The van der Waals surface area contributed by atoms with E-state index in [4.69, 9.17) is 0 Å². The molecule has 1 amide bonds. The molecule has 1 saturated heterocycles. The average molecular weight is 282 g/mol. The first-order valence-corrected chi connectivity index (χ1v) is 7.58. The number of H-pyrrole nitrogens is 1. The summed E-state index contributed by atoms with van der Waals surface area (Å²) in [7, 11) is 0. The third-order valence-electron chi connectivity index (χ3n) is 4.75. The second kappa shape index (κ2) is 4.72. The standard InChI is InChI=1S/C17H18N2O2/c20-12-7-11-5-6-16-14(8-17(21)19(9-11)10-12)13-3-1-2-4-15(13)18-16/h1-4,11,18H,5-10H2/t11-/m1/s1. The molecule has 4 nitrogen and oxygen atoms in total. The van der Waals surface area contributed by atoms with Crippen molar-refractivity contribution in [3.63, 3.8) is 0 Å². The molecule has 1 aromatic carbocycles. The Kier molecular flexibility index (Phi) is 2.84. The summed E-state index contributed by atoms with van der Waals surface area (Å²) >= 11 is 0. The van der Waals surface area contributed by atoms with E-state index >= 15 is 0 Å². The topological polar surface area (TPSA) is 53.2 Å². The molecule has 1 fully saturated rings. The van der Waals surface area contributed by atoms with Crippen molar-refractivity contribution < 1.29 is 9.59 Å². The molecule has 4 rings (SSSR count). The highest BCUT2D eigenvalue weighted by Gasteiger charge is 2.31. The smallest absolute Gasteiger partial charge is 0.227 e. The van der Waals surface area contributed by atoms with E-state index in [9.17, 15) is 9.59 Å². The molecule has 1 N–H and O–H groups in total.